The van der Waals surface area contributed by atoms with Gasteiger partial charge in [0.1, 0.15) is 6.54 Å². The zero-order valence-electron chi connectivity index (χ0n) is 24.8. The number of carbonyl (C=O) groups is 3. The highest BCUT2D eigenvalue weighted by Crippen LogP contribution is 2.30. The highest BCUT2D eigenvalue weighted by molar-refractivity contribution is 6.30. The van der Waals surface area contributed by atoms with Crippen LogP contribution >= 0.6 is 11.6 Å². The van der Waals surface area contributed by atoms with Crippen LogP contribution in [0.4, 0.5) is 5.69 Å². The molecule has 0 unspecified atom stereocenters. The molecule has 0 atom stereocenters. The fraction of sp³-hybridized carbons (Fsp3) is 0.343. The number of hydrogen-bond acceptors (Lipinski definition) is 5. The number of amides is 3. The summed E-state index contributed by atoms with van der Waals surface area (Å²) in [4.78, 5) is 47.8. The number of ether oxygens (including phenoxy) is 1. The summed E-state index contributed by atoms with van der Waals surface area (Å²) in [6.07, 6.45) is 5.89. The number of rotatable bonds is 8. The second-order valence-corrected chi connectivity index (χ2v) is 12.0. The number of morpholine rings is 1. The number of carbonyl (C=O) groups excluding carboxylic acids is 3. The SMILES string of the molecule is O=C(c1ccc(CN2C(=O)CN(C(=O)c3ccc(Cl)cc3)Cc3ccc(CCCN4CCOCC4)cc32)cc1)N1CC=CC1. The van der Waals surface area contributed by atoms with Crippen LogP contribution in [0.25, 0.3) is 0 Å². The Bertz CT molecular complexity index is 1530. The maximum Gasteiger partial charge on any atom is 0.254 e. The van der Waals surface area contributed by atoms with Crippen molar-refractivity contribution in [1.29, 1.82) is 0 Å². The van der Waals surface area contributed by atoms with Gasteiger partial charge in [0, 0.05) is 54.6 Å². The van der Waals surface area contributed by atoms with E-state index in [1.54, 1.807) is 39.0 Å². The molecule has 1 saturated heterocycles. The number of benzene rings is 3. The predicted molar refractivity (Wildman–Crippen MR) is 171 cm³/mol. The maximum absolute atomic E-state index is 13.9. The molecular formula is C35H37ClN4O4. The average Bonchev–Trinajstić information content (AvgIpc) is 3.55. The van der Waals surface area contributed by atoms with Gasteiger partial charge in [0.15, 0.2) is 0 Å². The van der Waals surface area contributed by atoms with E-state index in [0.717, 1.165) is 68.1 Å². The van der Waals surface area contributed by atoms with E-state index in [2.05, 4.69) is 23.1 Å². The van der Waals surface area contributed by atoms with Crippen molar-refractivity contribution in [2.45, 2.75) is 25.9 Å². The van der Waals surface area contributed by atoms with E-state index in [-0.39, 0.29) is 24.3 Å². The highest BCUT2D eigenvalue weighted by atomic mass is 35.5. The molecule has 3 aromatic rings. The summed E-state index contributed by atoms with van der Waals surface area (Å²) in [6.45, 7) is 6.37. The molecule has 3 heterocycles. The monoisotopic (exact) mass is 612 g/mol. The third-order valence-electron chi connectivity index (χ3n) is 8.50. The molecule has 3 amide bonds. The van der Waals surface area contributed by atoms with Crippen molar-refractivity contribution < 1.29 is 19.1 Å². The van der Waals surface area contributed by atoms with Crippen LogP contribution in [0.15, 0.2) is 78.9 Å². The topological polar surface area (TPSA) is 73.4 Å². The minimum Gasteiger partial charge on any atom is -0.379 e. The van der Waals surface area contributed by atoms with Crippen molar-refractivity contribution in [3.63, 3.8) is 0 Å². The van der Waals surface area contributed by atoms with E-state index < -0.39 is 0 Å². The molecule has 3 aromatic carbocycles. The van der Waals surface area contributed by atoms with Crippen molar-refractivity contribution in [2.75, 3.05) is 57.4 Å². The smallest absolute Gasteiger partial charge is 0.254 e. The van der Waals surface area contributed by atoms with Crippen LogP contribution < -0.4 is 4.90 Å². The van der Waals surface area contributed by atoms with Crippen molar-refractivity contribution >= 4 is 35.0 Å². The van der Waals surface area contributed by atoms with E-state index in [1.807, 2.05) is 36.4 Å². The highest BCUT2D eigenvalue weighted by Gasteiger charge is 2.30. The maximum atomic E-state index is 13.9. The van der Waals surface area contributed by atoms with Gasteiger partial charge in [0.25, 0.3) is 11.8 Å². The molecule has 0 N–H and O–H groups in total. The second kappa shape index (κ2) is 13.8. The Morgan fingerprint density at radius 3 is 2.11 bits per heavy atom. The van der Waals surface area contributed by atoms with E-state index in [4.69, 9.17) is 16.3 Å². The normalized spacial score (nSPS) is 17.1. The number of halogens is 1. The minimum absolute atomic E-state index is 0.00387. The molecule has 0 radical (unpaired) electrons. The number of anilines is 1. The van der Waals surface area contributed by atoms with E-state index in [0.29, 0.717) is 42.3 Å². The number of nitrogens with zero attached hydrogens (tertiary/aromatic N) is 4. The molecule has 0 aromatic heterocycles. The standard InChI is InChI=1S/C35H37ClN4O4/c36-31-13-11-29(12-14-31)35(43)39-24-30-10-5-26(4-3-15-37-18-20-44-21-19-37)22-32(30)40(33(41)25-39)23-27-6-8-28(9-7-27)34(42)38-16-1-2-17-38/h1-2,5-14,22H,3-4,15-21,23-25H2. The first-order valence-electron chi connectivity index (χ1n) is 15.2. The molecule has 6 rings (SSSR count). The first-order chi connectivity index (χ1) is 21.4. The fourth-order valence-corrected chi connectivity index (χ4v) is 6.11. The summed E-state index contributed by atoms with van der Waals surface area (Å²) in [5, 5.41) is 0.552. The molecular weight excluding hydrogens is 576 g/mol. The van der Waals surface area contributed by atoms with E-state index >= 15 is 0 Å². The Morgan fingerprint density at radius 2 is 1.41 bits per heavy atom. The molecule has 228 valence electrons. The van der Waals surface area contributed by atoms with Gasteiger partial charge in [-0.05, 0) is 78.5 Å². The van der Waals surface area contributed by atoms with Crippen molar-refractivity contribution in [2.24, 2.45) is 0 Å². The zero-order chi connectivity index (χ0) is 30.5. The van der Waals surface area contributed by atoms with Crippen LogP contribution in [0.5, 0.6) is 0 Å². The summed E-state index contributed by atoms with van der Waals surface area (Å²) >= 11 is 6.05. The van der Waals surface area contributed by atoms with E-state index in [1.165, 1.54) is 0 Å². The molecule has 0 bridgehead atoms. The van der Waals surface area contributed by atoms with Gasteiger partial charge in [0.2, 0.25) is 5.91 Å². The van der Waals surface area contributed by atoms with Crippen molar-refractivity contribution in [3.05, 3.63) is 112 Å². The van der Waals surface area contributed by atoms with Crippen LogP contribution in [0.3, 0.4) is 0 Å². The van der Waals surface area contributed by atoms with Crippen LogP contribution in [0.2, 0.25) is 5.02 Å². The van der Waals surface area contributed by atoms with Crippen LogP contribution in [-0.2, 0) is 29.0 Å². The van der Waals surface area contributed by atoms with Gasteiger partial charge in [-0.25, -0.2) is 0 Å². The largest absolute Gasteiger partial charge is 0.379 e. The lowest BCUT2D eigenvalue weighted by atomic mass is 10.0. The first-order valence-corrected chi connectivity index (χ1v) is 15.6. The minimum atomic E-state index is -0.211. The molecule has 0 saturated carbocycles. The molecule has 0 spiro atoms. The summed E-state index contributed by atoms with van der Waals surface area (Å²) in [5.41, 5.74) is 4.94. The second-order valence-electron chi connectivity index (χ2n) is 11.5. The third kappa shape index (κ3) is 7.04. The van der Waals surface area contributed by atoms with Gasteiger partial charge in [0.05, 0.1) is 19.8 Å². The molecule has 44 heavy (non-hydrogen) atoms. The molecule has 8 nitrogen and oxygen atoms in total. The van der Waals surface area contributed by atoms with Crippen molar-refractivity contribution in [1.82, 2.24) is 14.7 Å². The van der Waals surface area contributed by atoms with Gasteiger partial charge in [-0.3, -0.25) is 19.3 Å². The van der Waals surface area contributed by atoms with Gasteiger partial charge in [-0.1, -0.05) is 48.0 Å². The van der Waals surface area contributed by atoms with E-state index in [9.17, 15) is 14.4 Å². The Kier molecular flexibility index (Phi) is 9.40. The lowest BCUT2D eigenvalue weighted by molar-refractivity contribution is -0.119. The Hall–Kier alpha value is -3.98. The summed E-state index contributed by atoms with van der Waals surface area (Å²) in [5.74, 6) is -0.368. The van der Waals surface area contributed by atoms with Crippen LogP contribution in [0.1, 0.15) is 43.8 Å². The Balaban J connectivity index is 1.23. The Morgan fingerprint density at radius 1 is 0.773 bits per heavy atom. The van der Waals surface area contributed by atoms with Gasteiger partial charge in [-0.2, -0.15) is 0 Å². The fourth-order valence-electron chi connectivity index (χ4n) is 5.98. The van der Waals surface area contributed by atoms with Crippen LogP contribution in [-0.4, -0.2) is 84.9 Å². The average molecular weight is 613 g/mol. The number of fused-ring (bicyclic) bond motifs is 1. The summed E-state index contributed by atoms with van der Waals surface area (Å²) < 4.78 is 5.48. The van der Waals surface area contributed by atoms with Gasteiger partial charge in [-0.15, -0.1) is 0 Å². The number of hydrogen-bond donors (Lipinski definition) is 0. The zero-order valence-corrected chi connectivity index (χ0v) is 25.5. The third-order valence-corrected chi connectivity index (χ3v) is 8.75. The van der Waals surface area contributed by atoms with Gasteiger partial charge < -0.3 is 19.4 Å². The lowest BCUT2D eigenvalue weighted by Gasteiger charge is -2.26. The molecule has 3 aliphatic heterocycles. The first kappa shape index (κ1) is 30.1. The molecule has 0 aliphatic carbocycles. The molecule has 1 fully saturated rings. The quantitative estimate of drug-likeness (QED) is 0.342. The summed E-state index contributed by atoms with van der Waals surface area (Å²) in [7, 11) is 0. The summed E-state index contributed by atoms with van der Waals surface area (Å²) in [6, 6.07) is 20.5. The molecule has 9 heteroatoms. The Labute approximate surface area is 263 Å². The predicted octanol–water partition coefficient (Wildman–Crippen LogP) is 4.81. The van der Waals surface area contributed by atoms with Crippen LogP contribution in [0, 0.1) is 0 Å². The van der Waals surface area contributed by atoms with Crippen molar-refractivity contribution in [3.8, 4) is 0 Å². The number of aryl methyl sites for hydroxylation is 1. The van der Waals surface area contributed by atoms with Gasteiger partial charge >= 0.3 is 0 Å². The molecule has 3 aliphatic rings. The lowest BCUT2D eigenvalue weighted by Crippen LogP contribution is -2.39.